The predicted octanol–water partition coefficient (Wildman–Crippen LogP) is 3.87. The van der Waals surface area contributed by atoms with Crippen molar-refractivity contribution in [3.63, 3.8) is 0 Å². The van der Waals surface area contributed by atoms with Crippen LogP contribution in [0, 0.1) is 0 Å². The van der Waals surface area contributed by atoms with Crippen LogP contribution in [0.15, 0.2) is 83.8 Å². The van der Waals surface area contributed by atoms with Crippen molar-refractivity contribution in [1.29, 1.82) is 0 Å². The highest BCUT2D eigenvalue weighted by atomic mass is 32.2. The molecule has 0 radical (unpaired) electrons. The van der Waals surface area contributed by atoms with Crippen LogP contribution in [0.5, 0.6) is 5.75 Å². The van der Waals surface area contributed by atoms with Crippen LogP contribution < -0.4 is 15.4 Å². The molecule has 0 saturated carbocycles. The first-order valence-corrected chi connectivity index (χ1v) is 12.2. The molecule has 9 heteroatoms. The van der Waals surface area contributed by atoms with Gasteiger partial charge >= 0.3 is 0 Å². The van der Waals surface area contributed by atoms with Crippen molar-refractivity contribution < 1.29 is 22.7 Å². The summed E-state index contributed by atoms with van der Waals surface area (Å²) in [5, 5.41) is 5.36. The molecule has 3 aromatic carbocycles. The number of rotatable bonds is 10. The Morgan fingerprint density at radius 3 is 2.00 bits per heavy atom. The van der Waals surface area contributed by atoms with Crippen LogP contribution in [-0.2, 0) is 26.2 Å². The lowest BCUT2D eigenvalue weighted by atomic mass is 10.2. The average molecular weight is 482 g/mol. The minimum atomic E-state index is -3.97. The smallest absolute Gasteiger partial charge is 0.243 e. The van der Waals surface area contributed by atoms with Crippen molar-refractivity contribution in [2.75, 3.05) is 23.8 Å². The predicted molar refractivity (Wildman–Crippen MR) is 131 cm³/mol. The summed E-state index contributed by atoms with van der Waals surface area (Å²) in [6, 6.07) is 21.8. The first kappa shape index (κ1) is 24.9. The van der Waals surface area contributed by atoms with Crippen molar-refractivity contribution in [2.24, 2.45) is 0 Å². The topological polar surface area (TPSA) is 105 Å². The second kappa shape index (κ2) is 11.4. The number of nitrogens with one attached hydrogen (secondary N) is 2. The van der Waals surface area contributed by atoms with Crippen LogP contribution in [0.25, 0.3) is 0 Å². The van der Waals surface area contributed by atoms with Gasteiger partial charge in [-0.15, -0.1) is 0 Å². The molecule has 34 heavy (non-hydrogen) atoms. The number of carbonyl (C=O) groups excluding carboxylic acids is 2. The van der Waals surface area contributed by atoms with Gasteiger partial charge in [-0.25, -0.2) is 8.42 Å². The molecular formula is C25H27N3O5S. The zero-order valence-electron chi connectivity index (χ0n) is 19.0. The molecule has 0 unspecified atom stereocenters. The summed E-state index contributed by atoms with van der Waals surface area (Å²) in [6.45, 7) is 3.38. The first-order chi connectivity index (χ1) is 16.3. The van der Waals surface area contributed by atoms with Crippen LogP contribution >= 0.6 is 0 Å². The number of carbonyl (C=O) groups is 2. The third-order valence-electron chi connectivity index (χ3n) is 4.78. The maximum absolute atomic E-state index is 13.4. The zero-order valence-corrected chi connectivity index (χ0v) is 19.8. The van der Waals surface area contributed by atoms with Gasteiger partial charge in [0.15, 0.2) is 0 Å². The monoisotopic (exact) mass is 481 g/mol. The van der Waals surface area contributed by atoms with Gasteiger partial charge in [0, 0.05) is 24.8 Å². The third-order valence-corrected chi connectivity index (χ3v) is 6.59. The fraction of sp³-hybridized carbons (Fsp3) is 0.200. The van der Waals surface area contributed by atoms with Gasteiger partial charge in [-0.3, -0.25) is 9.59 Å². The molecule has 2 amide bonds. The second-order valence-electron chi connectivity index (χ2n) is 7.47. The van der Waals surface area contributed by atoms with E-state index in [1.54, 1.807) is 48.5 Å². The molecule has 0 bridgehead atoms. The van der Waals surface area contributed by atoms with E-state index in [-0.39, 0.29) is 23.9 Å². The van der Waals surface area contributed by atoms with Gasteiger partial charge in [0.05, 0.1) is 18.0 Å². The number of nitrogens with zero attached hydrogens (tertiary/aromatic N) is 1. The Morgan fingerprint density at radius 1 is 0.853 bits per heavy atom. The van der Waals surface area contributed by atoms with E-state index >= 15 is 0 Å². The van der Waals surface area contributed by atoms with E-state index in [0.29, 0.717) is 23.7 Å². The van der Waals surface area contributed by atoms with E-state index in [1.165, 1.54) is 19.1 Å². The lowest BCUT2D eigenvalue weighted by Crippen LogP contribution is -2.37. The Bertz CT molecular complexity index is 1210. The molecule has 0 aromatic heterocycles. The molecule has 3 aromatic rings. The summed E-state index contributed by atoms with van der Waals surface area (Å²) >= 11 is 0. The largest absolute Gasteiger partial charge is 0.494 e. The third kappa shape index (κ3) is 6.90. The maximum atomic E-state index is 13.4. The summed E-state index contributed by atoms with van der Waals surface area (Å²) in [5.41, 5.74) is 1.83. The molecule has 0 spiro atoms. The molecule has 2 N–H and O–H groups in total. The minimum Gasteiger partial charge on any atom is -0.494 e. The van der Waals surface area contributed by atoms with Crippen molar-refractivity contribution >= 4 is 33.2 Å². The number of anilines is 2. The molecule has 0 aliphatic rings. The molecule has 178 valence electrons. The maximum Gasteiger partial charge on any atom is 0.243 e. The summed E-state index contributed by atoms with van der Waals surface area (Å²) in [4.78, 5) is 24.0. The summed E-state index contributed by atoms with van der Waals surface area (Å²) in [7, 11) is -3.97. The van der Waals surface area contributed by atoms with E-state index in [1.807, 2.05) is 25.1 Å². The quantitative estimate of drug-likeness (QED) is 0.457. The highest BCUT2D eigenvalue weighted by molar-refractivity contribution is 7.89. The number of hydrogen-bond acceptors (Lipinski definition) is 5. The summed E-state index contributed by atoms with van der Waals surface area (Å²) in [5.74, 6) is -0.123. The van der Waals surface area contributed by atoms with Gasteiger partial charge in [-0.1, -0.05) is 30.3 Å². The van der Waals surface area contributed by atoms with Crippen LogP contribution in [-0.4, -0.2) is 37.7 Å². The molecule has 0 aliphatic carbocycles. The van der Waals surface area contributed by atoms with Crippen molar-refractivity contribution in [3.05, 3.63) is 84.4 Å². The van der Waals surface area contributed by atoms with Crippen LogP contribution in [0.4, 0.5) is 11.4 Å². The highest BCUT2D eigenvalue weighted by Gasteiger charge is 2.27. The Labute approximate surface area is 199 Å². The molecule has 0 aliphatic heterocycles. The lowest BCUT2D eigenvalue weighted by Gasteiger charge is -2.22. The van der Waals surface area contributed by atoms with E-state index in [4.69, 9.17) is 4.74 Å². The number of sulfonamides is 1. The molecule has 3 rings (SSSR count). The molecule has 0 saturated heterocycles. The lowest BCUT2D eigenvalue weighted by molar-refractivity contribution is -0.116. The van der Waals surface area contributed by atoms with E-state index in [0.717, 1.165) is 9.87 Å². The van der Waals surface area contributed by atoms with Gasteiger partial charge in [0.25, 0.3) is 0 Å². The normalized spacial score (nSPS) is 11.1. The molecule has 0 heterocycles. The fourth-order valence-electron chi connectivity index (χ4n) is 3.24. The van der Waals surface area contributed by atoms with Gasteiger partial charge in [0.2, 0.25) is 21.8 Å². The standard InChI is InChI=1S/C25H27N3O5S/c1-3-33-23-13-15-24(16-14-23)34(31,32)28(17-20-7-5-4-6-8-20)18-25(30)27-22-11-9-21(10-12-22)26-19(2)29/h4-16H,3,17-18H2,1-2H3,(H,26,29)(H,27,30). The molecule has 0 atom stereocenters. The van der Waals surface area contributed by atoms with Gasteiger partial charge in [-0.2, -0.15) is 4.31 Å². The SMILES string of the molecule is CCOc1ccc(S(=O)(=O)N(CC(=O)Nc2ccc(NC(C)=O)cc2)Cc2ccccc2)cc1. The number of amides is 2. The Hall–Kier alpha value is -3.69. The summed E-state index contributed by atoms with van der Waals surface area (Å²) in [6.07, 6.45) is 0. The van der Waals surface area contributed by atoms with E-state index < -0.39 is 15.9 Å². The Morgan fingerprint density at radius 2 is 1.44 bits per heavy atom. The minimum absolute atomic E-state index is 0.0330. The fourth-order valence-corrected chi connectivity index (χ4v) is 4.62. The second-order valence-corrected chi connectivity index (χ2v) is 9.41. The van der Waals surface area contributed by atoms with Crippen LogP contribution in [0.1, 0.15) is 19.4 Å². The molecule has 8 nitrogen and oxygen atoms in total. The first-order valence-electron chi connectivity index (χ1n) is 10.7. The van der Waals surface area contributed by atoms with Gasteiger partial charge in [-0.05, 0) is 61.0 Å². The Balaban J connectivity index is 1.79. The van der Waals surface area contributed by atoms with Crippen molar-refractivity contribution in [3.8, 4) is 5.75 Å². The number of ether oxygens (including phenoxy) is 1. The van der Waals surface area contributed by atoms with E-state index in [9.17, 15) is 18.0 Å². The van der Waals surface area contributed by atoms with Crippen molar-refractivity contribution in [2.45, 2.75) is 25.3 Å². The Kier molecular flexibility index (Phi) is 8.39. The molecular weight excluding hydrogens is 454 g/mol. The zero-order chi connectivity index (χ0) is 24.6. The van der Waals surface area contributed by atoms with Gasteiger partial charge < -0.3 is 15.4 Å². The van der Waals surface area contributed by atoms with Crippen molar-refractivity contribution in [1.82, 2.24) is 4.31 Å². The van der Waals surface area contributed by atoms with Crippen LogP contribution in [0.2, 0.25) is 0 Å². The number of benzene rings is 3. The summed E-state index contributed by atoms with van der Waals surface area (Å²) < 4.78 is 33.3. The highest BCUT2D eigenvalue weighted by Crippen LogP contribution is 2.22. The number of hydrogen-bond donors (Lipinski definition) is 2. The van der Waals surface area contributed by atoms with Gasteiger partial charge in [0.1, 0.15) is 5.75 Å². The molecule has 0 fully saturated rings. The van der Waals surface area contributed by atoms with Crippen LogP contribution in [0.3, 0.4) is 0 Å². The van der Waals surface area contributed by atoms with E-state index in [2.05, 4.69) is 10.6 Å². The average Bonchev–Trinajstić information content (AvgIpc) is 2.81.